The number of rotatable bonds is 11. The van der Waals surface area contributed by atoms with Gasteiger partial charge in [-0.05, 0) is 72.5 Å². The molecule has 1 aliphatic rings. The molecular formula is C28H33ClN6O3. The van der Waals surface area contributed by atoms with E-state index in [1.165, 1.54) is 0 Å². The molecular weight excluding hydrogens is 504 g/mol. The summed E-state index contributed by atoms with van der Waals surface area (Å²) < 4.78 is 13.4. The fourth-order valence-electron chi connectivity index (χ4n) is 5.11. The van der Waals surface area contributed by atoms with E-state index < -0.39 is 0 Å². The molecule has 0 bridgehead atoms. The van der Waals surface area contributed by atoms with Gasteiger partial charge in [0.05, 0.1) is 25.3 Å². The van der Waals surface area contributed by atoms with Crippen molar-refractivity contribution in [1.82, 2.24) is 30.1 Å². The van der Waals surface area contributed by atoms with Crippen LogP contribution in [0.15, 0.2) is 53.3 Å². The molecule has 2 aromatic heterocycles. The number of nitrogens with zero attached hydrogens (tertiary/aromatic N) is 5. The van der Waals surface area contributed by atoms with Crippen molar-refractivity contribution in [1.29, 1.82) is 0 Å². The first-order chi connectivity index (χ1) is 18.6. The van der Waals surface area contributed by atoms with Crippen molar-refractivity contribution in [2.75, 3.05) is 13.2 Å². The van der Waals surface area contributed by atoms with E-state index >= 15 is 0 Å². The molecule has 5 rings (SSSR count). The maximum absolute atomic E-state index is 13.2. The van der Waals surface area contributed by atoms with Gasteiger partial charge in [-0.15, -0.1) is 5.10 Å². The zero-order chi connectivity index (χ0) is 26.5. The van der Waals surface area contributed by atoms with Gasteiger partial charge in [0.25, 0.3) is 5.56 Å². The minimum atomic E-state index is -0.146. The monoisotopic (exact) mass is 536 g/mol. The van der Waals surface area contributed by atoms with E-state index in [1.807, 2.05) is 60.1 Å². The number of halogens is 1. The zero-order valence-electron chi connectivity index (χ0n) is 21.8. The lowest BCUT2D eigenvalue weighted by molar-refractivity contribution is 0.0888. The first-order valence-corrected chi connectivity index (χ1v) is 13.6. The van der Waals surface area contributed by atoms with Crippen molar-refractivity contribution in [3.63, 3.8) is 0 Å². The van der Waals surface area contributed by atoms with Crippen LogP contribution in [0.4, 0.5) is 0 Å². The van der Waals surface area contributed by atoms with Crippen LogP contribution in [0, 0.1) is 0 Å². The second-order valence-corrected chi connectivity index (χ2v) is 9.99. The molecule has 9 nitrogen and oxygen atoms in total. The van der Waals surface area contributed by atoms with Crippen molar-refractivity contribution in [2.24, 2.45) is 0 Å². The average Bonchev–Trinajstić information content (AvgIpc) is 3.59. The first kappa shape index (κ1) is 26.3. The summed E-state index contributed by atoms with van der Waals surface area (Å²) in [7, 11) is 0. The molecule has 2 atom stereocenters. The SMILES string of the molecule is CCOc1ccc2[nH]c(=O)c(CN(Cc3ccccc3Cl)C(CC)c3nnnn3CC3CCCO3)cc2c1. The van der Waals surface area contributed by atoms with Gasteiger partial charge in [-0.1, -0.05) is 36.7 Å². The van der Waals surface area contributed by atoms with Crippen LogP contribution in [0.3, 0.4) is 0 Å². The molecule has 2 aromatic carbocycles. The molecule has 0 saturated carbocycles. The number of hydrogen-bond acceptors (Lipinski definition) is 7. The smallest absolute Gasteiger partial charge is 0.252 e. The Labute approximate surface area is 226 Å². The average molecular weight is 537 g/mol. The van der Waals surface area contributed by atoms with Crippen LogP contribution in [0.2, 0.25) is 5.02 Å². The Kier molecular flexibility index (Phi) is 8.36. The number of tetrazole rings is 1. The highest BCUT2D eigenvalue weighted by Gasteiger charge is 2.28. The third-order valence-electron chi connectivity index (χ3n) is 6.99. The summed E-state index contributed by atoms with van der Waals surface area (Å²) in [4.78, 5) is 18.4. The Morgan fingerprint density at radius 1 is 1.18 bits per heavy atom. The third-order valence-corrected chi connectivity index (χ3v) is 7.36. The topological polar surface area (TPSA) is 98.2 Å². The molecule has 38 heavy (non-hydrogen) atoms. The molecule has 4 aromatic rings. The van der Waals surface area contributed by atoms with Gasteiger partial charge in [-0.2, -0.15) is 0 Å². The number of ether oxygens (including phenoxy) is 2. The van der Waals surface area contributed by atoms with Crippen LogP contribution in [-0.2, 0) is 24.4 Å². The summed E-state index contributed by atoms with van der Waals surface area (Å²) in [5, 5.41) is 14.3. The molecule has 0 spiro atoms. The summed E-state index contributed by atoms with van der Waals surface area (Å²) in [6, 6.07) is 15.3. The molecule has 2 unspecified atom stereocenters. The van der Waals surface area contributed by atoms with Crippen molar-refractivity contribution < 1.29 is 9.47 Å². The van der Waals surface area contributed by atoms with Crippen molar-refractivity contribution in [3.05, 3.63) is 80.9 Å². The lowest BCUT2D eigenvalue weighted by Crippen LogP contribution is -2.33. The number of fused-ring (bicyclic) bond motifs is 1. The lowest BCUT2D eigenvalue weighted by Gasteiger charge is -2.30. The van der Waals surface area contributed by atoms with Crippen LogP contribution in [0.1, 0.15) is 56.1 Å². The van der Waals surface area contributed by atoms with Gasteiger partial charge in [0, 0.05) is 41.2 Å². The fraction of sp³-hybridized carbons (Fsp3) is 0.429. The maximum atomic E-state index is 13.2. The number of pyridine rings is 1. The highest BCUT2D eigenvalue weighted by Crippen LogP contribution is 2.29. The van der Waals surface area contributed by atoms with Gasteiger partial charge in [-0.25, -0.2) is 4.68 Å². The summed E-state index contributed by atoms with van der Waals surface area (Å²) >= 11 is 6.57. The Morgan fingerprint density at radius 3 is 2.79 bits per heavy atom. The number of benzene rings is 2. The summed E-state index contributed by atoms with van der Waals surface area (Å²) in [6.07, 6.45) is 2.90. The van der Waals surface area contributed by atoms with Crippen molar-refractivity contribution >= 4 is 22.5 Å². The Bertz CT molecular complexity index is 1430. The molecule has 200 valence electrons. The Hall–Kier alpha value is -3.27. The summed E-state index contributed by atoms with van der Waals surface area (Å²) in [5.41, 5.74) is 2.27. The molecule has 1 fully saturated rings. The summed E-state index contributed by atoms with van der Waals surface area (Å²) in [6.45, 7) is 6.93. The molecule has 3 heterocycles. The zero-order valence-corrected chi connectivity index (χ0v) is 22.5. The van der Waals surface area contributed by atoms with E-state index in [-0.39, 0.29) is 17.7 Å². The van der Waals surface area contributed by atoms with Crippen molar-refractivity contribution in [2.45, 2.75) is 64.9 Å². The van der Waals surface area contributed by atoms with Crippen molar-refractivity contribution in [3.8, 4) is 5.75 Å². The molecule has 1 saturated heterocycles. The number of H-pyrrole nitrogens is 1. The van der Waals surface area contributed by atoms with E-state index in [2.05, 4.69) is 32.3 Å². The molecule has 10 heteroatoms. The quantitative estimate of drug-likeness (QED) is 0.291. The van der Waals surface area contributed by atoms with E-state index in [0.29, 0.717) is 36.8 Å². The van der Waals surface area contributed by atoms with E-state index in [1.54, 1.807) is 0 Å². The minimum absolute atomic E-state index is 0.106. The predicted molar refractivity (Wildman–Crippen MR) is 146 cm³/mol. The third kappa shape index (κ3) is 5.90. The number of aromatic amines is 1. The number of nitrogens with one attached hydrogen (secondary N) is 1. The van der Waals surface area contributed by atoms with Gasteiger partial charge < -0.3 is 14.5 Å². The van der Waals surface area contributed by atoms with Gasteiger partial charge in [0.2, 0.25) is 0 Å². The van der Waals surface area contributed by atoms with E-state index in [0.717, 1.165) is 53.9 Å². The second-order valence-electron chi connectivity index (χ2n) is 9.58. The van der Waals surface area contributed by atoms with Crippen LogP contribution >= 0.6 is 11.6 Å². The van der Waals surface area contributed by atoms with Crippen LogP contribution in [0.5, 0.6) is 5.75 Å². The second kappa shape index (κ2) is 12.1. The number of aromatic nitrogens is 5. The van der Waals surface area contributed by atoms with E-state index in [9.17, 15) is 4.79 Å². The van der Waals surface area contributed by atoms with Gasteiger partial charge in [-0.3, -0.25) is 9.69 Å². The normalized spacial score (nSPS) is 16.4. The van der Waals surface area contributed by atoms with Gasteiger partial charge >= 0.3 is 0 Å². The fourth-order valence-corrected chi connectivity index (χ4v) is 5.31. The largest absolute Gasteiger partial charge is 0.494 e. The molecule has 0 aliphatic carbocycles. The predicted octanol–water partition coefficient (Wildman–Crippen LogP) is 4.90. The lowest BCUT2D eigenvalue weighted by atomic mass is 10.1. The molecule has 0 amide bonds. The Morgan fingerprint density at radius 2 is 2.03 bits per heavy atom. The maximum Gasteiger partial charge on any atom is 0.252 e. The standard InChI is InChI=1S/C28H33ClN6O3/c1-3-26(27-31-32-33-35(27)18-23-9-7-13-38-23)34(16-19-8-5-6-10-24(19)29)17-21-14-20-15-22(37-4-2)11-12-25(20)30-28(21)36/h5-6,8,10-12,14-15,23,26H,3-4,7,9,13,16-18H2,1-2H3,(H,30,36). The highest BCUT2D eigenvalue weighted by molar-refractivity contribution is 6.31. The van der Waals surface area contributed by atoms with Crippen LogP contribution in [0.25, 0.3) is 10.9 Å². The molecule has 1 aliphatic heterocycles. The van der Waals surface area contributed by atoms with Gasteiger partial charge in [0.1, 0.15) is 5.75 Å². The molecule has 1 N–H and O–H groups in total. The first-order valence-electron chi connectivity index (χ1n) is 13.2. The summed E-state index contributed by atoms with van der Waals surface area (Å²) in [5.74, 6) is 1.52. The molecule has 0 radical (unpaired) electrons. The van der Waals surface area contributed by atoms with E-state index in [4.69, 9.17) is 21.1 Å². The highest BCUT2D eigenvalue weighted by atomic mass is 35.5. The van der Waals surface area contributed by atoms with Crippen LogP contribution < -0.4 is 10.3 Å². The Balaban J connectivity index is 1.51. The van der Waals surface area contributed by atoms with Gasteiger partial charge in [0.15, 0.2) is 5.82 Å². The van der Waals surface area contributed by atoms with Crippen LogP contribution in [-0.4, -0.2) is 49.4 Å². The number of hydrogen-bond donors (Lipinski definition) is 1. The minimum Gasteiger partial charge on any atom is -0.494 e.